The molecule has 6 heteroatoms. The molecule has 0 amide bonds. The summed E-state index contributed by atoms with van der Waals surface area (Å²) in [6, 6.07) is 16.4. The number of benzene rings is 2. The normalized spacial score (nSPS) is 12.2. The van der Waals surface area contributed by atoms with Gasteiger partial charge in [-0.05, 0) is 47.7 Å². The average molecular weight is 512 g/mol. The summed E-state index contributed by atoms with van der Waals surface area (Å²) in [6.07, 6.45) is 1.89. The number of thiazole rings is 1. The molecule has 0 atom stereocenters. The summed E-state index contributed by atoms with van der Waals surface area (Å²) in [5.74, 6) is 0. The van der Waals surface area contributed by atoms with Gasteiger partial charge < -0.3 is 0 Å². The predicted octanol–water partition coefficient (Wildman–Crippen LogP) is 5.39. The van der Waals surface area contributed by atoms with Gasteiger partial charge >= 0.3 is 0 Å². The van der Waals surface area contributed by atoms with Gasteiger partial charge in [0.15, 0.2) is 0 Å². The summed E-state index contributed by atoms with van der Waals surface area (Å²) < 4.78 is 4.14. The summed E-state index contributed by atoms with van der Waals surface area (Å²) in [5.41, 5.74) is 3.24. The van der Waals surface area contributed by atoms with Crippen LogP contribution in [0.5, 0.6) is 0 Å². The van der Waals surface area contributed by atoms with Crippen molar-refractivity contribution in [2.24, 2.45) is 10.1 Å². The number of aromatic nitrogens is 1. The number of hydrogen-bond donors (Lipinski definition) is 0. The summed E-state index contributed by atoms with van der Waals surface area (Å²) in [5, 5.41) is 6.81. The van der Waals surface area contributed by atoms with Crippen molar-refractivity contribution in [2.45, 2.75) is 6.92 Å². The van der Waals surface area contributed by atoms with E-state index in [1.807, 2.05) is 42.1 Å². The van der Waals surface area contributed by atoms with E-state index in [1.54, 1.807) is 11.3 Å². The number of halogens is 2. The van der Waals surface area contributed by atoms with Gasteiger partial charge in [0.05, 0.1) is 11.9 Å². The molecule has 0 fully saturated rings. The number of hydrogen-bond acceptors (Lipinski definition) is 3. The molecule has 122 valence electrons. The summed E-state index contributed by atoms with van der Waals surface area (Å²) in [7, 11) is 0. The zero-order valence-corrected chi connectivity index (χ0v) is 17.5. The van der Waals surface area contributed by atoms with Crippen LogP contribution in [0.4, 0.5) is 0 Å². The Labute approximate surface area is 167 Å². The Balaban J connectivity index is 2.10. The Morgan fingerprint density at radius 1 is 1.21 bits per heavy atom. The van der Waals surface area contributed by atoms with E-state index in [0.717, 1.165) is 32.6 Å². The first-order chi connectivity index (χ1) is 11.7. The van der Waals surface area contributed by atoms with E-state index >= 15 is 0 Å². The van der Waals surface area contributed by atoms with Gasteiger partial charge in [-0.2, -0.15) is 5.10 Å². The topological polar surface area (TPSA) is 29.6 Å². The van der Waals surface area contributed by atoms with Crippen LogP contribution < -0.4 is 4.80 Å². The van der Waals surface area contributed by atoms with E-state index in [9.17, 15) is 0 Å². The molecule has 3 nitrogen and oxygen atoms in total. The molecule has 0 aliphatic carbocycles. The Hall–Kier alpha value is -1.25. The van der Waals surface area contributed by atoms with Crippen LogP contribution in [0, 0.1) is 3.57 Å². The second kappa shape index (κ2) is 8.22. The third kappa shape index (κ3) is 4.04. The van der Waals surface area contributed by atoms with Gasteiger partial charge in [0.1, 0.15) is 0 Å². The van der Waals surface area contributed by atoms with Crippen molar-refractivity contribution in [2.75, 3.05) is 6.54 Å². The van der Waals surface area contributed by atoms with E-state index in [4.69, 9.17) is 5.10 Å². The summed E-state index contributed by atoms with van der Waals surface area (Å²) in [4.78, 5) is 5.46. The summed E-state index contributed by atoms with van der Waals surface area (Å²) >= 11 is 7.47. The van der Waals surface area contributed by atoms with Crippen LogP contribution in [-0.2, 0) is 0 Å². The molecule has 0 saturated heterocycles. The molecule has 24 heavy (non-hydrogen) atoms. The largest absolute Gasteiger partial charge is 0.258 e. The van der Waals surface area contributed by atoms with Gasteiger partial charge in [0.2, 0.25) is 4.80 Å². The predicted molar refractivity (Wildman–Crippen MR) is 114 cm³/mol. The maximum atomic E-state index is 4.71. The molecule has 3 rings (SSSR count). The monoisotopic (exact) mass is 511 g/mol. The van der Waals surface area contributed by atoms with Crippen molar-refractivity contribution in [3.05, 3.63) is 72.3 Å². The highest BCUT2D eigenvalue weighted by Crippen LogP contribution is 2.23. The van der Waals surface area contributed by atoms with Crippen LogP contribution in [-0.4, -0.2) is 17.4 Å². The minimum atomic E-state index is 0.733. The Kier molecular flexibility index (Phi) is 6.02. The smallest absolute Gasteiger partial charge is 0.206 e. The Bertz CT molecular complexity index is 943. The third-order valence-corrected chi connectivity index (χ3v) is 5.65. The van der Waals surface area contributed by atoms with Gasteiger partial charge in [-0.3, -0.25) is 4.99 Å². The Morgan fingerprint density at radius 2 is 2.04 bits per heavy atom. The van der Waals surface area contributed by atoms with Crippen molar-refractivity contribution < 1.29 is 0 Å². The average Bonchev–Trinajstić information content (AvgIpc) is 2.97. The van der Waals surface area contributed by atoms with Crippen LogP contribution in [0.25, 0.3) is 11.3 Å². The molecule has 0 unspecified atom stereocenters. The highest BCUT2D eigenvalue weighted by Gasteiger charge is 2.07. The van der Waals surface area contributed by atoms with Crippen LogP contribution in [0.3, 0.4) is 0 Å². The van der Waals surface area contributed by atoms with Crippen LogP contribution >= 0.6 is 49.9 Å². The maximum absolute atomic E-state index is 4.71. The van der Waals surface area contributed by atoms with E-state index in [0.29, 0.717) is 0 Å². The summed E-state index contributed by atoms with van der Waals surface area (Å²) in [6.45, 7) is 2.77. The van der Waals surface area contributed by atoms with Crippen LogP contribution in [0.15, 0.2) is 68.5 Å². The zero-order chi connectivity index (χ0) is 16.9. The molecular formula is C18H15BrIN3S. The lowest BCUT2D eigenvalue weighted by Gasteiger charge is -2.04. The third-order valence-electron chi connectivity index (χ3n) is 3.32. The van der Waals surface area contributed by atoms with Gasteiger partial charge in [-0.15, -0.1) is 11.3 Å². The molecule has 0 spiro atoms. The molecule has 0 aliphatic rings. The fourth-order valence-electron chi connectivity index (χ4n) is 2.20. The molecule has 0 radical (unpaired) electrons. The Morgan fingerprint density at radius 3 is 2.79 bits per heavy atom. The number of rotatable bonds is 4. The molecule has 1 heterocycles. The highest BCUT2D eigenvalue weighted by atomic mass is 127. The van der Waals surface area contributed by atoms with E-state index in [1.165, 1.54) is 3.57 Å². The van der Waals surface area contributed by atoms with E-state index in [2.05, 4.69) is 73.2 Å². The second-order valence-electron chi connectivity index (χ2n) is 4.97. The van der Waals surface area contributed by atoms with Gasteiger partial charge in [-0.1, -0.05) is 46.3 Å². The minimum absolute atomic E-state index is 0.733. The van der Waals surface area contributed by atoms with Gasteiger partial charge in [-0.25, -0.2) is 4.68 Å². The van der Waals surface area contributed by atoms with Crippen LogP contribution in [0.1, 0.15) is 12.5 Å². The molecular weight excluding hydrogens is 497 g/mol. The first-order valence-electron chi connectivity index (χ1n) is 7.45. The first-order valence-corrected chi connectivity index (χ1v) is 10.2. The maximum Gasteiger partial charge on any atom is 0.206 e. The highest BCUT2D eigenvalue weighted by molar-refractivity contribution is 14.1. The molecule has 0 saturated carbocycles. The van der Waals surface area contributed by atoms with Crippen LogP contribution in [0.2, 0.25) is 0 Å². The molecule has 1 aromatic heterocycles. The second-order valence-corrected chi connectivity index (χ2v) is 7.88. The lowest BCUT2D eigenvalue weighted by molar-refractivity contribution is 0.833. The molecule has 0 bridgehead atoms. The molecule has 2 aromatic carbocycles. The fraction of sp³-hybridized carbons (Fsp3) is 0.111. The number of nitrogens with zero attached hydrogens (tertiary/aromatic N) is 3. The first kappa shape index (κ1) is 17.6. The van der Waals surface area contributed by atoms with Gasteiger partial charge in [0, 0.05) is 31.1 Å². The lowest BCUT2D eigenvalue weighted by Crippen LogP contribution is -2.12. The standard InChI is InChI=1S/C18H15BrIN3S/c1-2-21-18-23(22-11-14-6-3-4-9-16(14)20)17(12-24-18)13-7-5-8-15(19)10-13/h3-12H,2H2,1H3. The SMILES string of the molecule is CCN=c1scc(-c2cccc(Br)c2)n1N=Cc1ccccc1I. The quantitative estimate of drug-likeness (QED) is 0.332. The van der Waals surface area contributed by atoms with E-state index in [-0.39, 0.29) is 0 Å². The zero-order valence-electron chi connectivity index (χ0n) is 13.0. The molecule has 0 aliphatic heterocycles. The van der Waals surface area contributed by atoms with Crippen molar-refractivity contribution in [3.63, 3.8) is 0 Å². The lowest BCUT2D eigenvalue weighted by atomic mass is 10.2. The fourth-order valence-corrected chi connectivity index (χ4v) is 4.03. The van der Waals surface area contributed by atoms with Crippen molar-refractivity contribution in [3.8, 4) is 11.3 Å². The van der Waals surface area contributed by atoms with Gasteiger partial charge in [0.25, 0.3) is 0 Å². The molecule has 3 aromatic rings. The van der Waals surface area contributed by atoms with Crippen molar-refractivity contribution >= 4 is 56.1 Å². The van der Waals surface area contributed by atoms with Crippen molar-refractivity contribution in [1.29, 1.82) is 0 Å². The minimum Gasteiger partial charge on any atom is -0.258 e. The van der Waals surface area contributed by atoms with Crippen molar-refractivity contribution in [1.82, 2.24) is 4.68 Å². The molecule has 0 N–H and O–H groups in total. The van der Waals surface area contributed by atoms with E-state index < -0.39 is 0 Å².